The molecule has 0 aromatic carbocycles. The third-order valence-electron chi connectivity index (χ3n) is 2.85. The zero-order valence-electron chi connectivity index (χ0n) is 9.87. The number of thioether (sulfide) groups is 1. The molecule has 2 atom stereocenters. The van der Waals surface area contributed by atoms with Crippen molar-refractivity contribution in [1.82, 2.24) is 10.6 Å². The maximum absolute atomic E-state index is 11.7. The zero-order valence-corrected chi connectivity index (χ0v) is 10.7. The van der Waals surface area contributed by atoms with Crippen LogP contribution in [0.1, 0.15) is 19.8 Å². The van der Waals surface area contributed by atoms with Crippen molar-refractivity contribution in [3.8, 4) is 0 Å². The lowest BCUT2D eigenvalue weighted by Gasteiger charge is -2.14. The van der Waals surface area contributed by atoms with Crippen LogP contribution in [0.3, 0.4) is 0 Å². The number of hydrogen-bond acceptors (Lipinski definition) is 4. The van der Waals surface area contributed by atoms with Crippen LogP contribution in [0.15, 0.2) is 0 Å². The van der Waals surface area contributed by atoms with E-state index in [9.17, 15) is 4.79 Å². The first-order valence-electron chi connectivity index (χ1n) is 5.95. The van der Waals surface area contributed by atoms with Gasteiger partial charge in [-0.1, -0.05) is 0 Å². The monoisotopic (exact) mass is 246 g/mol. The molecule has 0 aromatic rings. The van der Waals surface area contributed by atoms with Gasteiger partial charge in [0.15, 0.2) is 0 Å². The molecule has 0 aliphatic carbocycles. The first-order chi connectivity index (χ1) is 7.75. The van der Waals surface area contributed by atoms with Crippen LogP contribution < -0.4 is 10.6 Å². The Balaban J connectivity index is 2.02. The van der Waals surface area contributed by atoms with Gasteiger partial charge >= 0.3 is 0 Å². The minimum absolute atomic E-state index is 0.141. The predicted molar refractivity (Wildman–Crippen MR) is 67.6 cm³/mol. The molecule has 1 heterocycles. The van der Waals surface area contributed by atoms with E-state index in [0.29, 0.717) is 6.04 Å². The lowest BCUT2D eigenvalue weighted by Crippen LogP contribution is -2.37. The van der Waals surface area contributed by atoms with Crippen molar-refractivity contribution in [2.45, 2.75) is 25.8 Å². The van der Waals surface area contributed by atoms with E-state index in [0.717, 1.165) is 37.4 Å². The Morgan fingerprint density at radius 3 is 3.00 bits per heavy atom. The third kappa shape index (κ3) is 4.72. The van der Waals surface area contributed by atoms with E-state index in [1.54, 1.807) is 11.8 Å². The zero-order chi connectivity index (χ0) is 11.8. The molecule has 16 heavy (non-hydrogen) atoms. The second-order valence-corrected chi connectivity index (χ2v) is 5.34. The van der Waals surface area contributed by atoms with E-state index in [-0.39, 0.29) is 18.4 Å². The molecule has 1 aliphatic heterocycles. The lowest BCUT2D eigenvalue weighted by molar-refractivity contribution is -0.124. The normalized spacial score (nSPS) is 24.6. The fraction of sp³-hybridized carbons (Fsp3) is 0.909. The Morgan fingerprint density at radius 2 is 2.38 bits per heavy atom. The fourth-order valence-electron chi connectivity index (χ4n) is 1.86. The van der Waals surface area contributed by atoms with Gasteiger partial charge in [-0.05, 0) is 32.1 Å². The minimum atomic E-state index is 0.141. The number of aliphatic hydroxyl groups excluding tert-OH is 1. The van der Waals surface area contributed by atoms with Crippen molar-refractivity contribution in [2.75, 3.05) is 31.2 Å². The average Bonchev–Trinajstić information content (AvgIpc) is 2.69. The standard InChI is InChI=1S/C11H22N2O2S/c1-9-10(3-4-12-9)11(15)13-5-8-16-7-2-6-14/h9-10,12,14H,2-8H2,1H3,(H,13,15). The Bertz CT molecular complexity index is 214. The maximum Gasteiger partial charge on any atom is 0.224 e. The van der Waals surface area contributed by atoms with Gasteiger partial charge in [-0.15, -0.1) is 0 Å². The highest BCUT2D eigenvalue weighted by Crippen LogP contribution is 2.14. The molecule has 1 amide bonds. The van der Waals surface area contributed by atoms with Crippen molar-refractivity contribution in [2.24, 2.45) is 5.92 Å². The molecule has 1 aliphatic rings. The number of hydrogen-bond donors (Lipinski definition) is 3. The van der Waals surface area contributed by atoms with Crippen LogP contribution in [-0.2, 0) is 4.79 Å². The quantitative estimate of drug-likeness (QED) is 0.562. The van der Waals surface area contributed by atoms with Gasteiger partial charge in [0.2, 0.25) is 5.91 Å². The van der Waals surface area contributed by atoms with Crippen LogP contribution in [0, 0.1) is 5.92 Å². The van der Waals surface area contributed by atoms with E-state index >= 15 is 0 Å². The molecule has 0 bridgehead atoms. The maximum atomic E-state index is 11.7. The number of amides is 1. The number of rotatable bonds is 7. The van der Waals surface area contributed by atoms with Gasteiger partial charge in [-0.25, -0.2) is 0 Å². The summed E-state index contributed by atoms with van der Waals surface area (Å²) >= 11 is 1.77. The number of carbonyl (C=O) groups excluding carboxylic acids is 1. The summed E-state index contributed by atoms with van der Waals surface area (Å²) in [7, 11) is 0. The van der Waals surface area contributed by atoms with E-state index < -0.39 is 0 Å². The first kappa shape index (κ1) is 13.8. The van der Waals surface area contributed by atoms with Gasteiger partial charge in [-0.3, -0.25) is 4.79 Å². The highest BCUT2D eigenvalue weighted by Gasteiger charge is 2.28. The number of aliphatic hydroxyl groups is 1. The summed E-state index contributed by atoms with van der Waals surface area (Å²) in [6.45, 7) is 4.00. The predicted octanol–water partition coefficient (Wildman–Crippen LogP) is 0.216. The van der Waals surface area contributed by atoms with Crippen molar-refractivity contribution in [3.05, 3.63) is 0 Å². The molecular weight excluding hydrogens is 224 g/mol. The lowest BCUT2D eigenvalue weighted by atomic mass is 10.0. The van der Waals surface area contributed by atoms with Gasteiger partial charge < -0.3 is 15.7 Å². The molecular formula is C11H22N2O2S. The molecule has 0 radical (unpaired) electrons. The number of nitrogens with one attached hydrogen (secondary N) is 2. The average molecular weight is 246 g/mol. The summed E-state index contributed by atoms with van der Waals surface area (Å²) in [5.41, 5.74) is 0. The molecule has 1 rings (SSSR count). The summed E-state index contributed by atoms with van der Waals surface area (Å²) in [6.07, 6.45) is 1.78. The van der Waals surface area contributed by atoms with Crippen molar-refractivity contribution < 1.29 is 9.90 Å². The summed E-state index contributed by atoms with van der Waals surface area (Å²) in [5.74, 6) is 2.22. The van der Waals surface area contributed by atoms with Crippen LogP contribution in [0.4, 0.5) is 0 Å². The topological polar surface area (TPSA) is 61.4 Å². The molecule has 5 heteroatoms. The summed E-state index contributed by atoms with van der Waals surface area (Å²) in [6, 6.07) is 0.307. The molecule has 2 unspecified atom stereocenters. The molecule has 0 saturated carbocycles. The van der Waals surface area contributed by atoms with Crippen LogP contribution >= 0.6 is 11.8 Å². The fourth-order valence-corrected chi connectivity index (χ4v) is 2.65. The highest BCUT2D eigenvalue weighted by atomic mass is 32.2. The summed E-state index contributed by atoms with van der Waals surface area (Å²) in [4.78, 5) is 11.7. The van der Waals surface area contributed by atoms with Crippen LogP contribution in [0.2, 0.25) is 0 Å². The molecule has 1 saturated heterocycles. The second kappa shape index (κ2) is 7.92. The van der Waals surface area contributed by atoms with Crippen molar-refractivity contribution >= 4 is 17.7 Å². The number of carbonyl (C=O) groups is 1. The summed E-state index contributed by atoms with van der Waals surface area (Å²) < 4.78 is 0. The molecule has 94 valence electrons. The van der Waals surface area contributed by atoms with E-state index in [1.807, 2.05) is 0 Å². The van der Waals surface area contributed by atoms with Gasteiger partial charge in [0.25, 0.3) is 0 Å². The van der Waals surface area contributed by atoms with E-state index in [4.69, 9.17) is 5.11 Å². The smallest absolute Gasteiger partial charge is 0.224 e. The largest absolute Gasteiger partial charge is 0.396 e. The highest BCUT2D eigenvalue weighted by molar-refractivity contribution is 7.99. The molecule has 0 spiro atoms. The summed E-state index contributed by atoms with van der Waals surface area (Å²) in [5, 5.41) is 14.8. The Kier molecular flexibility index (Phi) is 6.84. The van der Waals surface area contributed by atoms with Crippen molar-refractivity contribution in [3.63, 3.8) is 0 Å². The van der Waals surface area contributed by atoms with Crippen molar-refractivity contribution in [1.29, 1.82) is 0 Å². The van der Waals surface area contributed by atoms with Crippen LogP contribution in [0.5, 0.6) is 0 Å². The van der Waals surface area contributed by atoms with Gasteiger partial charge in [-0.2, -0.15) is 11.8 Å². The van der Waals surface area contributed by atoms with E-state index in [1.165, 1.54) is 0 Å². The van der Waals surface area contributed by atoms with Gasteiger partial charge in [0.1, 0.15) is 0 Å². The van der Waals surface area contributed by atoms with Crippen LogP contribution in [0.25, 0.3) is 0 Å². The first-order valence-corrected chi connectivity index (χ1v) is 7.11. The van der Waals surface area contributed by atoms with Gasteiger partial charge in [0.05, 0.1) is 5.92 Å². The Hall–Kier alpha value is -0.260. The van der Waals surface area contributed by atoms with E-state index in [2.05, 4.69) is 17.6 Å². The minimum Gasteiger partial charge on any atom is -0.396 e. The van der Waals surface area contributed by atoms with Crippen LogP contribution in [-0.4, -0.2) is 48.3 Å². The second-order valence-electron chi connectivity index (χ2n) is 4.12. The Labute approximate surface area is 102 Å². The Morgan fingerprint density at radius 1 is 1.56 bits per heavy atom. The molecule has 3 N–H and O–H groups in total. The SMILES string of the molecule is CC1NCCC1C(=O)NCCSCCCO. The molecule has 0 aromatic heterocycles. The third-order valence-corrected chi connectivity index (χ3v) is 3.92. The van der Waals surface area contributed by atoms with Gasteiger partial charge in [0, 0.05) is 24.9 Å². The molecule has 1 fully saturated rings. The molecule has 4 nitrogen and oxygen atoms in total.